The number of para-hydroxylation sites is 1. The van der Waals surface area contributed by atoms with Crippen LogP contribution < -0.4 is 10.6 Å². The first-order valence-electron chi connectivity index (χ1n) is 9.09. The summed E-state index contributed by atoms with van der Waals surface area (Å²) in [6, 6.07) is 12.8. The number of anilines is 1. The number of carbonyl (C=O) groups excluding carboxylic acids is 2. The summed E-state index contributed by atoms with van der Waals surface area (Å²) in [4.78, 5) is 24.8. The van der Waals surface area contributed by atoms with Crippen molar-refractivity contribution in [2.24, 2.45) is 0 Å². The van der Waals surface area contributed by atoms with Crippen molar-refractivity contribution in [2.75, 3.05) is 5.32 Å². The van der Waals surface area contributed by atoms with Crippen LogP contribution in [0.5, 0.6) is 0 Å². The standard InChI is InChI=1S/C22H28N2O2/c1-6-15-9-8-10-16(7-2)19(15)23-20(25)17-11-13-18(14-12-17)21(26)24-22(3,4)5/h8-14H,6-7H2,1-5H3,(H,23,25)(H,24,26). The minimum absolute atomic E-state index is 0.144. The molecule has 138 valence electrons. The maximum Gasteiger partial charge on any atom is 0.255 e. The van der Waals surface area contributed by atoms with Gasteiger partial charge in [0.05, 0.1) is 0 Å². The first kappa shape index (κ1) is 19.7. The van der Waals surface area contributed by atoms with E-state index < -0.39 is 0 Å². The van der Waals surface area contributed by atoms with Crippen LogP contribution in [0.25, 0.3) is 0 Å². The molecule has 0 aliphatic heterocycles. The number of benzene rings is 2. The van der Waals surface area contributed by atoms with Crippen LogP contribution in [0, 0.1) is 0 Å². The summed E-state index contributed by atoms with van der Waals surface area (Å²) in [5, 5.41) is 5.96. The molecule has 0 unspecified atom stereocenters. The Bertz CT molecular complexity index is 765. The molecule has 0 radical (unpaired) electrons. The lowest BCUT2D eigenvalue weighted by Gasteiger charge is -2.20. The largest absolute Gasteiger partial charge is 0.347 e. The van der Waals surface area contributed by atoms with Crippen LogP contribution in [0.1, 0.15) is 66.5 Å². The Hall–Kier alpha value is -2.62. The predicted molar refractivity (Wildman–Crippen MR) is 107 cm³/mol. The number of aryl methyl sites for hydroxylation is 2. The van der Waals surface area contributed by atoms with Crippen LogP contribution in [0.2, 0.25) is 0 Å². The maximum absolute atomic E-state index is 12.6. The Morgan fingerprint density at radius 2 is 1.27 bits per heavy atom. The molecule has 4 heteroatoms. The molecule has 2 aromatic carbocycles. The summed E-state index contributed by atoms with van der Waals surface area (Å²) >= 11 is 0. The van der Waals surface area contributed by atoms with Crippen molar-refractivity contribution in [1.82, 2.24) is 5.32 Å². The molecule has 0 spiro atoms. The normalized spacial score (nSPS) is 11.1. The van der Waals surface area contributed by atoms with Gasteiger partial charge in [-0.15, -0.1) is 0 Å². The number of carbonyl (C=O) groups is 2. The zero-order valence-electron chi connectivity index (χ0n) is 16.3. The van der Waals surface area contributed by atoms with E-state index in [-0.39, 0.29) is 17.4 Å². The molecule has 0 heterocycles. The van der Waals surface area contributed by atoms with Crippen LogP contribution in [0.4, 0.5) is 5.69 Å². The monoisotopic (exact) mass is 352 g/mol. The van der Waals surface area contributed by atoms with E-state index in [4.69, 9.17) is 0 Å². The second-order valence-corrected chi connectivity index (χ2v) is 7.39. The van der Waals surface area contributed by atoms with E-state index in [1.807, 2.05) is 39.0 Å². The van der Waals surface area contributed by atoms with Gasteiger partial charge >= 0.3 is 0 Å². The first-order chi connectivity index (χ1) is 12.2. The minimum atomic E-state index is -0.298. The molecule has 0 saturated heterocycles. The number of amides is 2. The quantitative estimate of drug-likeness (QED) is 0.827. The van der Waals surface area contributed by atoms with E-state index in [0.717, 1.165) is 29.7 Å². The van der Waals surface area contributed by atoms with Crippen molar-refractivity contribution in [3.05, 3.63) is 64.7 Å². The van der Waals surface area contributed by atoms with Crippen molar-refractivity contribution < 1.29 is 9.59 Å². The molecule has 0 aliphatic carbocycles. The Labute approximate surface area is 156 Å². The molecule has 4 nitrogen and oxygen atoms in total. The van der Waals surface area contributed by atoms with E-state index in [1.54, 1.807) is 24.3 Å². The van der Waals surface area contributed by atoms with E-state index in [2.05, 4.69) is 24.5 Å². The van der Waals surface area contributed by atoms with Crippen molar-refractivity contribution in [2.45, 2.75) is 53.0 Å². The highest BCUT2D eigenvalue weighted by molar-refractivity contribution is 6.05. The fourth-order valence-electron chi connectivity index (χ4n) is 2.77. The molecule has 2 amide bonds. The van der Waals surface area contributed by atoms with Gasteiger partial charge in [0.15, 0.2) is 0 Å². The first-order valence-corrected chi connectivity index (χ1v) is 9.09. The van der Waals surface area contributed by atoms with Crippen LogP contribution in [0.3, 0.4) is 0 Å². The average molecular weight is 352 g/mol. The summed E-state index contributed by atoms with van der Waals surface area (Å²) < 4.78 is 0. The lowest BCUT2D eigenvalue weighted by atomic mass is 10.0. The summed E-state index contributed by atoms with van der Waals surface area (Å²) in [7, 11) is 0. The highest BCUT2D eigenvalue weighted by atomic mass is 16.2. The van der Waals surface area contributed by atoms with Crippen LogP contribution >= 0.6 is 0 Å². The van der Waals surface area contributed by atoms with E-state index in [1.165, 1.54) is 0 Å². The van der Waals surface area contributed by atoms with Gasteiger partial charge in [0, 0.05) is 22.4 Å². The summed E-state index contributed by atoms with van der Waals surface area (Å²) in [6.45, 7) is 9.95. The smallest absolute Gasteiger partial charge is 0.255 e. The van der Waals surface area contributed by atoms with Crippen LogP contribution in [-0.2, 0) is 12.8 Å². The molecule has 0 aliphatic rings. The van der Waals surface area contributed by atoms with Crippen molar-refractivity contribution >= 4 is 17.5 Å². The summed E-state index contributed by atoms with van der Waals surface area (Å²) in [6.07, 6.45) is 1.71. The Morgan fingerprint density at radius 3 is 1.69 bits per heavy atom. The van der Waals surface area contributed by atoms with Gasteiger partial charge in [0.1, 0.15) is 0 Å². The average Bonchev–Trinajstić information content (AvgIpc) is 2.60. The highest BCUT2D eigenvalue weighted by Crippen LogP contribution is 2.23. The van der Waals surface area contributed by atoms with Crippen LogP contribution in [0.15, 0.2) is 42.5 Å². The fraction of sp³-hybridized carbons (Fsp3) is 0.364. The van der Waals surface area contributed by atoms with Gasteiger partial charge in [-0.05, 0) is 69.0 Å². The highest BCUT2D eigenvalue weighted by Gasteiger charge is 2.16. The molecule has 2 rings (SSSR count). The molecular formula is C22H28N2O2. The number of nitrogens with one attached hydrogen (secondary N) is 2. The molecule has 0 atom stereocenters. The second kappa shape index (κ2) is 8.17. The van der Waals surface area contributed by atoms with Crippen molar-refractivity contribution in [3.63, 3.8) is 0 Å². The summed E-state index contributed by atoms with van der Waals surface area (Å²) in [5.41, 5.74) is 3.92. The minimum Gasteiger partial charge on any atom is -0.347 e. The molecule has 0 bridgehead atoms. The van der Waals surface area contributed by atoms with E-state index in [0.29, 0.717) is 11.1 Å². The zero-order chi connectivity index (χ0) is 19.3. The molecule has 26 heavy (non-hydrogen) atoms. The molecule has 0 aromatic heterocycles. The van der Waals surface area contributed by atoms with Crippen molar-refractivity contribution in [3.8, 4) is 0 Å². The van der Waals surface area contributed by atoms with Gasteiger partial charge in [-0.2, -0.15) is 0 Å². The van der Waals surface area contributed by atoms with Crippen LogP contribution in [-0.4, -0.2) is 17.4 Å². The van der Waals surface area contributed by atoms with Gasteiger partial charge < -0.3 is 10.6 Å². The molecule has 0 saturated carbocycles. The van der Waals surface area contributed by atoms with Gasteiger partial charge in [0.2, 0.25) is 0 Å². The number of hydrogen-bond donors (Lipinski definition) is 2. The number of rotatable bonds is 5. The SMILES string of the molecule is CCc1cccc(CC)c1NC(=O)c1ccc(C(=O)NC(C)(C)C)cc1. The van der Waals surface area contributed by atoms with Gasteiger partial charge in [-0.25, -0.2) is 0 Å². The maximum atomic E-state index is 12.6. The third kappa shape index (κ3) is 4.94. The zero-order valence-corrected chi connectivity index (χ0v) is 16.3. The lowest BCUT2D eigenvalue weighted by Crippen LogP contribution is -2.40. The molecule has 0 fully saturated rings. The Morgan fingerprint density at radius 1 is 0.808 bits per heavy atom. The molecule has 2 aromatic rings. The van der Waals surface area contributed by atoms with E-state index >= 15 is 0 Å². The summed E-state index contributed by atoms with van der Waals surface area (Å²) in [5.74, 6) is -0.308. The fourth-order valence-corrected chi connectivity index (χ4v) is 2.77. The topological polar surface area (TPSA) is 58.2 Å². The number of hydrogen-bond acceptors (Lipinski definition) is 2. The Balaban J connectivity index is 2.18. The Kier molecular flexibility index (Phi) is 6.19. The third-order valence-electron chi connectivity index (χ3n) is 4.14. The lowest BCUT2D eigenvalue weighted by molar-refractivity contribution is 0.0918. The molecular weight excluding hydrogens is 324 g/mol. The second-order valence-electron chi connectivity index (χ2n) is 7.39. The van der Waals surface area contributed by atoms with Gasteiger partial charge in [-0.3, -0.25) is 9.59 Å². The van der Waals surface area contributed by atoms with Gasteiger partial charge in [0.25, 0.3) is 11.8 Å². The third-order valence-corrected chi connectivity index (χ3v) is 4.14. The molecule has 2 N–H and O–H groups in total. The predicted octanol–water partition coefficient (Wildman–Crippen LogP) is 4.59. The van der Waals surface area contributed by atoms with Crippen molar-refractivity contribution in [1.29, 1.82) is 0 Å². The van der Waals surface area contributed by atoms with Gasteiger partial charge in [-0.1, -0.05) is 32.0 Å². The van der Waals surface area contributed by atoms with E-state index in [9.17, 15) is 9.59 Å².